The quantitative estimate of drug-likeness (QED) is 0.829. The Balaban J connectivity index is 2.98. The lowest BCUT2D eigenvalue weighted by atomic mass is 10.1. The molecule has 5 heteroatoms. The number of anilines is 1. The summed E-state index contributed by atoms with van der Waals surface area (Å²) in [7, 11) is 0. The van der Waals surface area contributed by atoms with Crippen LogP contribution in [-0.2, 0) is 6.18 Å². The normalized spacial score (nSPS) is 10.7. The maximum atomic E-state index is 12.7. The van der Waals surface area contributed by atoms with Crippen molar-refractivity contribution >= 4 is 5.69 Å². The Bertz CT molecular complexity index is 492. The molecule has 0 aromatic heterocycles. The second kappa shape index (κ2) is 5.58. The van der Waals surface area contributed by atoms with E-state index in [4.69, 9.17) is 5.26 Å². The van der Waals surface area contributed by atoms with Crippen LogP contribution in [0.5, 0.6) is 0 Å². The molecule has 0 aliphatic rings. The van der Waals surface area contributed by atoms with E-state index in [0.717, 1.165) is 11.6 Å². The molecule has 1 N–H and O–H groups in total. The number of allylic oxidation sites excluding steroid dienone is 1. The molecular weight excluding hydrogens is 241 g/mol. The van der Waals surface area contributed by atoms with E-state index in [-0.39, 0.29) is 5.56 Å². The van der Waals surface area contributed by atoms with Gasteiger partial charge in [0.2, 0.25) is 0 Å². The van der Waals surface area contributed by atoms with E-state index >= 15 is 0 Å². The maximum absolute atomic E-state index is 12.7. The molecule has 0 amide bonds. The molecule has 0 heterocycles. The van der Waals surface area contributed by atoms with Crippen LogP contribution in [0.25, 0.3) is 0 Å². The molecule has 0 aliphatic carbocycles. The molecule has 1 aromatic carbocycles. The summed E-state index contributed by atoms with van der Waals surface area (Å²) < 4.78 is 38.0. The van der Waals surface area contributed by atoms with Gasteiger partial charge in [-0.2, -0.15) is 18.4 Å². The SMILES string of the molecule is CC(C)=CCNc1ccc(C#N)c(C(F)(F)F)c1. The Morgan fingerprint density at radius 3 is 2.56 bits per heavy atom. The average molecular weight is 254 g/mol. The van der Waals surface area contributed by atoms with Gasteiger partial charge in [0.1, 0.15) is 0 Å². The lowest BCUT2D eigenvalue weighted by Gasteiger charge is -2.11. The molecule has 0 atom stereocenters. The second-order valence-electron chi connectivity index (χ2n) is 4.03. The van der Waals surface area contributed by atoms with E-state index in [1.54, 1.807) is 6.07 Å². The van der Waals surface area contributed by atoms with Gasteiger partial charge in [0, 0.05) is 12.2 Å². The number of halogens is 3. The van der Waals surface area contributed by atoms with Crippen molar-refractivity contribution in [2.75, 3.05) is 11.9 Å². The van der Waals surface area contributed by atoms with Gasteiger partial charge in [0.15, 0.2) is 0 Å². The van der Waals surface area contributed by atoms with Gasteiger partial charge in [-0.05, 0) is 32.0 Å². The van der Waals surface area contributed by atoms with Crippen LogP contribution in [0.1, 0.15) is 25.0 Å². The van der Waals surface area contributed by atoms with E-state index in [1.807, 2.05) is 19.9 Å². The maximum Gasteiger partial charge on any atom is 0.417 e. The van der Waals surface area contributed by atoms with Crippen molar-refractivity contribution in [3.63, 3.8) is 0 Å². The van der Waals surface area contributed by atoms with Crippen LogP contribution in [0.2, 0.25) is 0 Å². The van der Waals surface area contributed by atoms with Gasteiger partial charge in [-0.3, -0.25) is 0 Å². The van der Waals surface area contributed by atoms with Crippen molar-refractivity contribution in [2.24, 2.45) is 0 Å². The van der Waals surface area contributed by atoms with Crippen LogP contribution in [0, 0.1) is 11.3 Å². The Labute approximate surface area is 104 Å². The highest BCUT2D eigenvalue weighted by Gasteiger charge is 2.33. The summed E-state index contributed by atoms with van der Waals surface area (Å²) in [6.45, 7) is 4.26. The number of hydrogen-bond acceptors (Lipinski definition) is 2. The number of nitrogens with one attached hydrogen (secondary N) is 1. The van der Waals surface area contributed by atoms with Crippen molar-refractivity contribution in [1.29, 1.82) is 5.26 Å². The third-order valence-corrected chi connectivity index (χ3v) is 2.26. The van der Waals surface area contributed by atoms with Gasteiger partial charge in [0.25, 0.3) is 0 Å². The molecule has 0 saturated heterocycles. The molecule has 0 unspecified atom stereocenters. The van der Waals surface area contributed by atoms with Gasteiger partial charge in [-0.1, -0.05) is 11.6 Å². The van der Waals surface area contributed by atoms with Crippen molar-refractivity contribution in [1.82, 2.24) is 0 Å². The van der Waals surface area contributed by atoms with Crippen molar-refractivity contribution in [3.8, 4) is 6.07 Å². The first-order chi connectivity index (χ1) is 8.34. The number of hydrogen-bond donors (Lipinski definition) is 1. The summed E-state index contributed by atoms with van der Waals surface area (Å²) in [5.41, 5.74) is 0.147. The van der Waals surface area contributed by atoms with Crippen molar-refractivity contribution in [2.45, 2.75) is 20.0 Å². The Hall–Kier alpha value is -1.96. The molecule has 0 aliphatic heterocycles. The average Bonchev–Trinajstić information content (AvgIpc) is 2.27. The highest BCUT2D eigenvalue weighted by Crippen LogP contribution is 2.33. The Kier molecular flexibility index (Phi) is 4.38. The van der Waals surface area contributed by atoms with E-state index in [0.29, 0.717) is 12.2 Å². The molecule has 18 heavy (non-hydrogen) atoms. The molecule has 96 valence electrons. The summed E-state index contributed by atoms with van der Waals surface area (Å²) in [6.07, 6.45) is -2.65. The third-order valence-electron chi connectivity index (χ3n) is 2.26. The van der Waals surface area contributed by atoms with Gasteiger partial charge in [0.05, 0.1) is 17.2 Å². The first kappa shape index (κ1) is 14.1. The largest absolute Gasteiger partial charge is 0.417 e. The van der Waals surface area contributed by atoms with Gasteiger partial charge in [-0.25, -0.2) is 0 Å². The summed E-state index contributed by atoms with van der Waals surface area (Å²) in [6, 6.07) is 5.14. The summed E-state index contributed by atoms with van der Waals surface area (Å²) >= 11 is 0. The van der Waals surface area contributed by atoms with E-state index < -0.39 is 11.7 Å². The predicted molar refractivity (Wildman–Crippen MR) is 64.1 cm³/mol. The zero-order chi connectivity index (χ0) is 13.8. The zero-order valence-electron chi connectivity index (χ0n) is 10.1. The fraction of sp³-hybridized carbons (Fsp3) is 0.308. The number of nitriles is 1. The molecule has 1 rings (SSSR count). The number of nitrogens with zero attached hydrogens (tertiary/aromatic N) is 1. The molecule has 1 aromatic rings. The van der Waals surface area contributed by atoms with Crippen molar-refractivity contribution < 1.29 is 13.2 Å². The van der Waals surface area contributed by atoms with Crippen LogP contribution >= 0.6 is 0 Å². The number of rotatable bonds is 3. The first-order valence-corrected chi connectivity index (χ1v) is 5.33. The van der Waals surface area contributed by atoms with E-state index in [9.17, 15) is 13.2 Å². The van der Waals surface area contributed by atoms with Gasteiger partial charge in [-0.15, -0.1) is 0 Å². The van der Waals surface area contributed by atoms with Gasteiger partial charge < -0.3 is 5.32 Å². The number of benzene rings is 1. The molecule has 0 spiro atoms. The Morgan fingerprint density at radius 2 is 2.06 bits per heavy atom. The van der Waals surface area contributed by atoms with Crippen LogP contribution in [0.4, 0.5) is 18.9 Å². The minimum absolute atomic E-state index is 0.346. The smallest absolute Gasteiger partial charge is 0.382 e. The lowest BCUT2D eigenvalue weighted by molar-refractivity contribution is -0.137. The molecule has 2 nitrogen and oxygen atoms in total. The topological polar surface area (TPSA) is 35.8 Å². The molecule has 0 bridgehead atoms. The van der Waals surface area contributed by atoms with Crippen LogP contribution < -0.4 is 5.32 Å². The summed E-state index contributed by atoms with van der Waals surface area (Å²) in [5, 5.41) is 11.5. The minimum atomic E-state index is -4.51. The summed E-state index contributed by atoms with van der Waals surface area (Å²) in [4.78, 5) is 0. The van der Waals surface area contributed by atoms with Gasteiger partial charge >= 0.3 is 6.18 Å². The van der Waals surface area contributed by atoms with Crippen LogP contribution in [0.15, 0.2) is 29.8 Å². The highest BCUT2D eigenvalue weighted by molar-refractivity contribution is 5.53. The van der Waals surface area contributed by atoms with E-state index in [1.165, 1.54) is 12.1 Å². The number of alkyl halides is 3. The molecular formula is C13H13F3N2. The predicted octanol–water partition coefficient (Wildman–Crippen LogP) is 3.96. The second-order valence-corrected chi connectivity index (χ2v) is 4.03. The monoisotopic (exact) mass is 254 g/mol. The van der Waals surface area contributed by atoms with E-state index in [2.05, 4.69) is 5.32 Å². The molecule has 0 saturated carbocycles. The molecule has 0 fully saturated rings. The summed E-state index contributed by atoms with van der Waals surface area (Å²) in [5.74, 6) is 0. The fourth-order valence-corrected chi connectivity index (χ4v) is 1.36. The Morgan fingerprint density at radius 1 is 1.39 bits per heavy atom. The van der Waals surface area contributed by atoms with Crippen LogP contribution in [-0.4, -0.2) is 6.54 Å². The third kappa shape index (κ3) is 3.81. The zero-order valence-corrected chi connectivity index (χ0v) is 10.1. The minimum Gasteiger partial charge on any atom is -0.382 e. The standard InChI is InChI=1S/C13H13F3N2/c1-9(2)5-6-18-11-4-3-10(8-17)12(7-11)13(14,15)16/h3-5,7,18H,6H2,1-2H3. The highest BCUT2D eigenvalue weighted by atomic mass is 19.4. The fourth-order valence-electron chi connectivity index (χ4n) is 1.36. The van der Waals surface area contributed by atoms with Crippen molar-refractivity contribution in [3.05, 3.63) is 41.0 Å². The first-order valence-electron chi connectivity index (χ1n) is 5.33. The van der Waals surface area contributed by atoms with Crippen LogP contribution in [0.3, 0.4) is 0 Å². The lowest BCUT2D eigenvalue weighted by Crippen LogP contribution is -2.09. The molecule has 0 radical (unpaired) electrons.